The van der Waals surface area contributed by atoms with Crippen LogP contribution in [0, 0.1) is 0 Å². The molecule has 1 spiro atoms. The summed E-state index contributed by atoms with van der Waals surface area (Å²) in [7, 11) is 1.62. The van der Waals surface area contributed by atoms with Crippen LogP contribution in [-0.4, -0.2) is 54.8 Å². The van der Waals surface area contributed by atoms with E-state index >= 15 is 0 Å². The first-order chi connectivity index (χ1) is 13.4. The molecule has 2 heterocycles. The highest BCUT2D eigenvalue weighted by molar-refractivity contribution is 5.98. The minimum atomic E-state index is -0.708. The summed E-state index contributed by atoms with van der Waals surface area (Å²) >= 11 is 0. The van der Waals surface area contributed by atoms with Crippen molar-refractivity contribution in [3.63, 3.8) is 0 Å². The number of hydrogen-bond acceptors (Lipinski definition) is 5. The van der Waals surface area contributed by atoms with Crippen molar-refractivity contribution in [2.75, 3.05) is 26.7 Å². The molecule has 0 bridgehead atoms. The van der Waals surface area contributed by atoms with Gasteiger partial charge in [0.05, 0.1) is 13.7 Å². The summed E-state index contributed by atoms with van der Waals surface area (Å²) in [6.45, 7) is 9.10. The molecule has 0 saturated carbocycles. The number of methoxy groups -OCH3 is 1. The summed E-state index contributed by atoms with van der Waals surface area (Å²) < 4.78 is 5.15. The third-order valence-corrected chi connectivity index (χ3v) is 4.57. The van der Waals surface area contributed by atoms with Gasteiger partial charge in [0.1, 0.15) is 17.1 Å². The van der Waals surface area contributed by atoms with Crippen molar-refractivity contribution >= 4 is 17.6 Å². The Balaban J connectivity index is 0.000000583. The van der Waals surface area contributed by atoms with Crippen molar-refractivity contribution in [1.29, 1.82) is 0 Å². The molecule has 0 aromatic heterocycles. The second-order valence-electron chi connectivity index (χ2n) is 6.70. The number of Topliss-reactive ketones (excluding diaryl/α,β-unsaturated/α-hetero) is 1. The van der Waals surface area contributed by atoms with Crippen molar-refractivity contribution in [3.05, 3.63) is 29.8 Å². The Hall–Kier alpha value is -2.41. The van der Waals surface area contributed by atoms with Gasteiger partial charge in [-0.15, -0.1) is 0 Å². The molecule has 2 N–H and O–H groups in total. The molecule has 1 aromatic carbocycles. The lowest BCUT2D eigenvalue weighted by Crippen LogP contribution is -2.69. The summed E-state index contributed by atoms with van der Waals surface area (Å²) in [6.07, 6.45) is 1.31. The van der Waals surface area contributed by atoms with Crippen molar-refractivity contribution in [1.82, 2.24) is 15.5 Å². The first-order valence-electron chi connectivity index (χ1n) is 9.78. The molecule has 2 fully saturated rings. The number of piperazine rings is 1. The number of carbonyl (C=O) groups excluding carboxylic acids is 3. The zero-order valence-corrected chi connectivity index (χ0v) is 17.6. The predicted molar refractivity (Wildman–Crippen MR) is 109 cm³/mol. The maximum atomic E-state index is 12.5. The summed E-state index contributed by atoms with van der Waals surface area (Å²) in [6, 6.07) is 7.62. The molecule has 28 heavy (non-hydrogen) atoms. The van der Waals surface area contributed by atoms with Crippen LogP contribution in [0.25, 0.3) is 0 Å². The van der Waals surface area contributed by atoms with Gasteiger partial charge in [0, 0.05) is 6.54 Å². The highest BCUT2D eigenvalue weighted by Crippen LogP contribution is 2.31. The van der Waals surface area contributed by atoms with Crippen LogP contribution in [0.5, 0.6) is 5.75 Å². The summed E-state index contributed by atoms with van der Waals surface area (Å²) in [5.41, 5.74) is 0.294. The monoisotopic (exact) mass is 391 g/mol. The van der Waals surface area contributed by atoms with Crippen molar-refractivity contribution in [2.45, 2.75) is 52.6 Å². The summed E-state index contributed by atoms with van der Waals surface area (Å²) in [4.78, 5) is 36.1. The third kappa shape index (κ3) is 6.05. The molecule has 1 aromatic rings. The molecule has 7 heteroatoms. The predicted octanol–water partition coefficient (Wildman–Crippen LogP) is 1.90. The molecule has 7 nitrogen and oxygen atoms in total. The second-order valence-corrected chi connectivity index (χ2v) is 6.70. The Labute approximate surface area is 167 Å². The highest BCUT2D eigenvalue weighted by Gasteiger charge is 2.49. The number of ether oxygens (including phenoxy) is 1. The number of nitrogens with zero attached hydrogens (tertiary/aromatic N) is 1. The fourth-order valence-corrected chi connectivity index (χ4v) is 3.27. The number of piperidine rings is 1. The van der Waals surface area contributed by atoms with E-state index in [1.807, 2.05) is 38.1 Å². The minimum Gasteiger partial charge on any atom is -0.497 e. The lowest BCUT2D eigenvalue weighted by molar-refractivity contribution is -0.156. The second kappa shape index (κ2) is 11.4. The average Bonchev–Trinajstić information content (AvgIpc) is 2.71. The van der Waals surface area contributed by atoms with Crippen molar-refractivity contribution in [2.24, 2.45) is 0 Å². The van der Waals surface area contributed by atoms with Gasteiger partial charge in [-0.05, 0) is 57.5 Å². The lowest BCUT2D eigenvalue weighted by atomic mass is 9.83. The molecule has 0 unspecified atom stereocenters. The first kappa shape index (κ1) is 23.6. The molecular weight excluding hydrogens is 358 g/mol. The molecule has 2 aliphatic heterocycles. The minimum absolute atomic E-state index is 0.0164. The van der Waals surface area contributed by atoms with Gasteiger partial charge >= 0.3 is 0 Å². The molecule has 0 atom stereocenters. The van der Waals surface area contributed by atoms with Gasteiger partial charge in [-0.1, -0.05) is 26.0 Å². The zero-order chi connectivity index (χ0) is 21.2. The number of rotatable bonds is 3. The van der Waals surface area contributed by atoms with E-state index in [1.165, 1.54) is 13.8 Å². The van der Waals surface area contributed by atoms with E-state index in [4.69, 9.17) is 4.74 Å². The van der Waals surface area contributed by atoms with Crippen molar-refractivity contribution < 1.29 is 19.1 Å². The fourth-order valence-electron chi connectivity index (χ4n) is 3.27. The Morgan fingerprint density at radius 2 is 1.64 bits per heavy atom. The number of hydrogen-bond donors (Lipinski definition) is 2. The standard InChI is InChI=1S/C16H21N3O3.C3H6O.C2H6/c1-22-13-4-2-12(3-5-13)11-19-14(20)10-18-15(21)16(19)6-8-17-9-7-16;1-3(2)4;1-2/h2-5,17H,6-11H2,1H3,(H,18,21);1-2H3;1-2H3. The quantitative estimate of drug-likeness (QED) is 0.822. The molecule has 2 saturated heterocycles. The van der Waals surface area contributed by atoms with Crippen LogP contribution >= 0.6 is 0 Å². The zero-order valence-electron chi connectivity index (χ0n) is 17.6. The molecule has 2 amide bonds. The molecular formula is C21H33N3O4. The van der Waals surface area contributed by atoms with Crippen LogP contribution in [0.15, 0.2) is 24.3 Å². The summed E-state index contributed by atoms with van der Waals surface area (Å²) in [5.74, 6) is 0.905. The number of carbonyl (C=O) groups is 3. The lowest BCUT2D eigenvalue weighted by Gasteiger charge is -2.48. The topological polar surface area (TPSA) is 87.7 Å². The summed E-state index contributed by atoms with van der Waals surface area (Å²) in [5, 5.41) is 6.01. The van der Waals surface area contributed by atoms with Crippen LogP contribution in [0.2, 0.25) is 0 Å². The highest BCUT2D eigenvalue weighted by atomic mass is 16.5. The fraction of sp³-hybridized carbons (Fsp3) is 0.571. The smallest absolute Gasteiger partial charge is 0.246 e. The van der Waals surface area contributed by atoms with Crippen LogP contribution in [0.1, 0.15) is 46.1 Å². The molecule has 156 valence electrons. The van der Waals surface area contributed by atoms with Gasteiger partial charge < -0.3 is 25.1 Å². The largest absolute Gasteiger partial charge is 0.497 e. The van der Waals surface area contributed by atoms with Crippen LogP contribution in [0.4, 0.5) is 0 Å². The van der Waals surface area contributed by atoms with E-state index in [-0.39, 0.29) is 24.1 Å². The van der Waals surface area contributed by atoms with Gasteiger partial charge in [0.25, 0.3) is 0 Å². The Kier molecular flexibility index (Phi) is 9.65. The van der Waals surface area contributed by atoms with E-state index in [0.717, 1.165) is 24.4 Å². The number of amides is 2. The Bertz CT molecular complexity index is 648. The van der Waals surface area contributed by atoms with Gasteiger partial charge in [-0.3, -0.25) is 9.59 Å². The van der Waals surface area contributed by atoms with Gasteiger partial charge in [-0.25, -0.2) is 0 Å². The van der Waals surface area contributed by atoms with E-state index in [9.17, 15) is 14.4 Å². The van der Waals surface area contributed by atoms with E-state index in [1.54, 1.807) is 12.0 Å². The van der Waals surface area contributed by atoms with Gasteiger partial charge in [0.2, 0.25) is 11.8 Å². The maximum Gasteiger partial charge on any atom is 0.246 e. The SMILES string of the molecule is CC.CC(C)=O.COc1ccc(CN2C(=O)CNC(=O)C23CCNCC3)cc1. The maximum absolute atomic E-state index is 12.5. The molecule has 2 aliphatic rings. The number of nitrogens with one attached hydrogen (secondary N) is 2. The van der Waals surface area contributed by atoms with Crippen LogP contribution < -0.4 is 15.4 Å². The van der Waals surface area contributed by atoms with Crippen LogP contribution in [-0.2, 0) is 20.9 Å². The molecule has 0 radical (unpaired) electrons. The van der Waals surface area contributed by atoms with E-state index in [2.05, 4.69) is 10.6 Å². The van der Waals surface area contributed by atoms with E-state index < -0.39 is 5.54 Å². The van der Waals surface area contributed by atoms with Crippen LogP contribution in [0.3, 0.4) is 0 Å². The Morgan fingerprint density at radius 3 is 2.14 bits per heavy atom. The first-order valence-corrected chi connectivity index (χ1v) is 9.78. The Morgan fingerprint density at radius 1 is 1.11 bits per heavy atom. The molecule has 3 rings (SSSR count). The van der Waals surface area contributed by atoms with Gasteiger partial charge in [0.15, 0.2) is 0 Å². The third-order valence-electron chi connectivity index (χ3n) is 4.57. The van der Waals surface area contributed by atoms with E-state index in [0.29, 0.717) is 19.4 Å². The molecule has 0 aliphatic carbocycles. The van der Waals surface area contributed by atoms with Crippen molar-refractivity contribution in [3.8, 4) is 5.75 Å². The normalized spacial score (nSPS) is 17.5. The number of ketones is 1. The average molecular weight is 392 g/mol. The number of benzene rings is 1. The van der Waals surface area contributed by atoms with Gasteiger partial charge in [-0.2, -0.15) is 0 Å².